The van der Waals surface area contributed by atoms with Crippen molar-refractivity contribution in [1.82, 2.24) is 29.6 Å². The number of aromatic nitrogens is 5. The molecule has 12 nitrogen and oxygen atoms in total. The summed E-state index contributed by atoms with van der Waals surface area (Å²) in [5, 5.41) is 12.3. The number of hydrogen-bond donors (Lipinski definition) is 2. The number of aryl methyl sites for hydroxylation is 1. The van der Waals surface area contributed by atoms with E-state index in [0.29, 0.717) is 36.5 Å². The number of rotatable bonds is 7. The zero-order valence-corrected chi connectivity index (χ0v) is 17.3. The third-order valence-corrected chi connectivity index (χ3v) is 5.32. The number of esters is 1. The van der Waals surface area contributed by atoms with Gasteiger partial charge in [0.2, 0.25) is 10.0 Å². The first-order chi connectivity index (χ1) is 14.3. The van der Waals surface area contributed by atoms with Gasteiger partial charge >= 0.3 is 5.97 Å². The average Bonchev–Trinajstić information content (AvgIpc) is 3.33. The Bertz CT molecular complexity index is 1190. The second kappa shape index (κ2) is 7.99. The van der Waals surface area contributed by atoms with E-state index in [1.165, 1.54) is 0 Å². The molecule has 4 heterocycles. The van der Waals surface area contributed by atoms with Crippen molar-refractivity contribution >= 4 is 32.7 Å². The molecule has 0 aromatic carbocycles. The smallest absolute Gasteiger partial charge is 0.307 e. The summed E-state index contributed by atoms with van der Waals surface area (Å²) in [6, 6.07) is -0.130. The Labute approximate surface area is 172 Å². The van der Waals surface area contributed by atoms with Crippen molar-refractivity contribution in [2.75, 3.05) is 18.2 Å². The van der Waals surface area contributed by atoms with Gasteiger partial charge in [0.25, 0.3) is 5.89 Å². The Hall–Kier alpha value is -3.06. The molecule has 0 spiro atoms. The van der Waals surface area contributed by atoms with Gasteiger partial charge in [-0.25, -0.2) is 22.8 Å². The Morgan fingerprint density at radius 3 is 2.90 bits per heavy atom. The van der Waals surface area contributed by atoms with Crippen LogP contribution in [0.3, 0.4) is 0 Å². The molecule has 1 atom stereocenters. The van der Waals surface area contributed by atoms with Crippen LogP contribution in [0.15, 0.2) is 16.9 Å². The molecule has 1 unspecified atom stereocenters. The predicted octanol–water partition coefficient (Wildman–Crippen LogP) is 0.668. The summed E-state index contributed by atoms with van der Waals surface area (Å²) in [5.74, 6) is 0.105. The third kappa shape index (κ3) is 4.26. The van der Waals surface area contributed by atoms with Crippen molar-refractivity contribution < 1.29 is 22.5 Å². The quantitative estimate of drug-likeness (QED) is 0.506. The van der Waals surface area contributed by atoms with Gasteiger partial charge in [-0.15, -0.1) is 0 Å². The number of anilines is 1. The Balaban J connectivity index is 1.72. The van der Waals surface area contributed by atoms with Crippen molar-refractivity contribution in [3.8, 4) is 11.5 Å². The fourth-order valence-electron chi connectivity index (χ4n) is 3.21. The summed E-state index contributed by atoms with van der Waals surface area (Å²) in [4.78, 5) is 20.5. The lowest BCUT2D eigenvalue weighted by Gasteiger charge is -2.24. The minimum Gasteiger partial charge on any atom is -0.466 e. The number of pyridine rings is 1. The Morgan fingerprint density at radius 1 is 1.33 bits per heavy atom. The van der Waals surface area contributed by atoms with Crippen molar-refractivity contribution in [2.24, 2.45) is 0 Å². The molecule has 160 valence electrons. The van der Waals surface area contributed by atoms with Crippen LogP contribution in [0.2, 0.25) is 0 Å². The van der Waals surface area contributed by atoms with E-state index in [1.807, 2.05) is 6.92 Å². The fraction of sp³-hybridized carbons (Fsp3) is 0.471. The van der Waals surface area contributed by atoms with Gasteiger partial charge in [0.15, 0.2) is 11.5 Å². The van der Waals surface area contributed by atoms with E-state index in [1.54, 1.807) is 17.1 Å². The van der Waals surface area contributed by atoms with Gasteiger partial charge in [0.1, 0.15) is 0 Å². The average molecular weight is 435 g/mol. The molecule has 3 aromatic rings. The van der Waals surface area contributed by atoms with Gasteiger partial charge in [0.05, 0.1) is 48.7 Å². The maximum Gasteiger partial charge on any atom is 0.307 e. The van der Waals surface area contributed by atoms with Crippen LogP contribution in [0.4, 0.5) is 5.69 Å². The number of nitrogens with zero attached hydrogens (tertiary/aromatic N) is 5. The van der Waals surface area contributed by atoms with Crippen LogP contribution in [-0.2, 0) is 32.6 Å². The van der Waals surface area contributed by atoms with Crippen LogP contribution in [0.5, 0.6) is 0 Å². The zero-order valence-electron chi connectivity index (χ0n) is 16.5. The molecular formula is C17H21N7O5S. The van der Waals surface area contributed by atoms with E-state index < -0.39 is 10.0 Å². The number of carbonyl (C=O) groups is 1. The minimum atomic E-state index is -3.39. The SMILES string of the molecule is CCn1ncc2c(NC3CCOC(=O)C3)c(-c3nc(CNS(C)(=O)=O)no3)cnc21. The fourth-order valence-corrected chi connectivity index (χ4v) is 3.60. The van der Waals surface area contributed by atoms with Gasteiger partial charge in [-0.1, -0.05) is 5.16 Å². The predicted molar refractivity (Wildman–Crippen MR) is 106 cm³/mol. The topological polar surface area (TPSA) is 154 Å². The lowest BCUT2D eigenvalue weighted by atomic mass is 10.1. The molecule has 0 aliphatic carbocycles. The molecule has 1 fully saturated rings. The maximum absolute atomic E-state index is 11.7. The Morgan fingerprint density at radius 2 is 2.17 bits per heavy atom. The van der Waals surface area contributed by atoms with Crippen LogP contribution in [0.1, 0.15) is 25.6 Å². The number of sulfonamides is 1. The summed E-state index contributed by atoms with van der Waals surface area (Å²) in [7, 11) is -3.39. The van der Waals surface area contributed by atoms with Crippen molar-refractivity contribution in [2.45, 2.75) is 38.9 Å². The first kappa shape index (κ1) is 20.2. The van der Waals surface area contributed by atoms with Gasteiger partial charge in [0, 0.05) is 25.2 Å². The standard InChI is InChI=1S/C17H21N7O5S/c1-3-24-16-11(8-19-24)15(21-10-4-5-28-14(25)6-10)12(7-18-16)17-22-13(23-29-17)9-20-30(2,26)27/h7-8,10,20H,3-6,9H2,1-2H3,(H,18,21). The summed E-state index contributed by atoms with van der Waals surface area (Å²) >= 11 is 0. The summed E-state index contributed by atoms with van der Waals surface area (Å²) < 4.78 is 37.0. The first-order valence-corrected chi connectivity index (χ1v) is 11.3. The highest BCUT2D eigenvalue weighted by molar-refractivity contribution is 7.88. The molecule has 1 aliphatic rings. The molecule has 3 aromatic heterocycles. The lowest BCUT2D eigenvalue weighted by molar-refractivity contribution is -0.147. The highest BCUT2D eigenvalue weighted by Crippen LogP contribution is 2.34. The number of ether oxygens (including phenoxy) is 1. The maximum atomic E-state index is 11.7. The molecule has 30 heavy (non-hydrogen) atoms. The van der Waals surface area contributed by atoms with Crippen LogP contribution < -0.4 is 10.0 Å². The van der Waals surface area contributed by atoms with Gasteiger partial charge in [-0.3, -0.25) is 4.79 Å². The number of carbonyl (C=O) groups excluding carboxylic acids is 1. The van der Waals surface area contributed by atoms with E-state index in [-0.39, 0.29) is 36.7 Å². The first-order valence-electron chi connectivity index (χ1n) is 9.38. The lowest BCUT2D eigenvalue weighted by Crippen LogP contribution is -2.31. The van der Waals surface area contributed by atoms with Crippen LogP contribution in [-0.4, -0.2) is 58.2 Å². The molecule has 0 bridgehead atoms. The number of nitrogens with one attached hydrogen (secondary N) is 2. The van der Waals surface area contributed by atoms with Crippen LogP contribution in [0.25, 0.3) is 22.5 Å². The van der Waals surface area contributed by atoms with Gasteiger partial charge < -0.3 is 14.6 Å². The normalized spacial score (nSPS) is 17.3. The molecule has 1 aliphatic heterocycles. The number of hydrogen-bond acceptors (Lipinski definition) is 10. The molecule has 0 radical (unpaired) electrons. The second-order valence-corrected chi connectivity index (χ2v) is 8.74. The summed E-state index contributed by atoms with van der Waals surface area (Å²) in [6.45, 7) is 2.86. The van der Waals surface area contributed by atoms with E-state index in [9.17, 15) is 13.2 Å². The largest absolute Gasteiger partial charge is 0.466 e. The second-order valence-electron chi connectivity index (χ2n) is 6.91. The molecule has 0 amide bonds. The van der Waals surface area contributed by atoms with Crippen LogP contribution >= 0.6 is 0 Å². The monoisotopic (exact) mass is 435 g/mol. The highest BCUT2D eigenvalue weighted by atomic mass is 32.2. The molecule has 0 saturated carbocycles. The number of cyclic esters (lactones) is 1. The van der Waals surface area contributed by atoms with Crippen LogP contribution in [0, 0.1) is 0 Å². The summed E-state index contributed by atoms with van der Waals surface area (Å²) in [5.41, 5.74) is 1.89. The van der Waals surface area contributed by atoms with Crippen molar-refractivity contribution in [1.29, 1.82) is 0 Å². The molecule has 2 N–H and O–H groups in total. The molecular weight excluding hydrogens is 414 g/mol. The van der Waals surface area contributed by atoms with E-state index in [2.05, 4.69) is 30.3 Å². The van der Waals surface area contributed by atoms with Crippen molar-refractivity contribution in [3.63, 3.8) is 0 Å². The number of fused-ring (bicyclic) bond motifs is 1. The van der Waals surface area contributed by atoms with E-state index >= 15 is 0 Å². The molecule has 4 rings (SSSR count). The zero-order chi connectivity index (χ0) is 21.3. The molecule has 1 saturated heterocycles. The van der Waals surface area contributed by atoms with Crippen molar-refractivity contribution in [3.05, 3.63) is 18.2 Å². The minimum absolute atomic E-state index is 0.0942. The van der Waals surface area contributed by atoms with E-state index in [4.69, 9.17) is 9.26 Å². The van der Waals surface area contributed by atoms with Gasteiger partial charge in [-0.2, -0.15) is 10.1 Å². The molecule has 13 heteroatoms. The van der Waals surface area contributed by atoms with E-state index in [0.717, 1.165) is 11.6 Å². The highest BCUT2D eigenvalue weighted by Gasteiger charge is 2.25. The van der Waals surface area contributed by atoms with Gasteiger partial charge in [-0.05, 0) is 6.92 Å². The summed E-state index contributed by atoms with van der Waals surface area (Å²) in [6.07, 6.45) is 5.24. The third-order valence-electron chi connectivity index (χ3n) is 4.65. The Kier molecular flexibility index (Phi) is 5.39.